The summed E-state index contributed by atoms with van der Waals surface area (Å²) in [7, 11) is 0. The molecule has 3 N–H and O–H groups in total. The number of carboxylic acids is 2. The third kappa shape index (κ3) is 16.8. The highest BCUT2D eigenvalue weighted by molar-refractivity contribution is 5.86. The quantitative estimate of drug-likeness (QED) is 0.120. The van der Waals surface area contributed by atoms with Crippen LogP contribution in [0.5, 0.6) is 0 Å². The van der Waals surface area contributed by atoms with Crippen molar-refractivity contribution in [1.29, 1.82) is 0 Å². The number of aldehydes is 1. The fourth-order valence-corrected chi connectivity index (χ4v) is 18.3. The number of allylic oxidation sites excluding steroid dienone is 12. The van der Waals surface area contributed by atoms with Crippen molar-refractivity contribution in [2.45, 2.75) is 212 Å². The highest BCUT2D eigenvalue weighted by Crippen LogP contribution is 2.52. The number of aliphatic hydroxyl groups excluding tert-OH is 1. The molecule has 10 rings (SSSR count). The molecule has 0 aromatic heterocycles. The van der Waals surface area contributed by atoms with Crippen LogP contribution in [-0.2, 0) is 14.4 Å². The lowest BCUT2D eigenvalue weighted by atomic mass is 9.60. The zero-order valence-electron chi connectivity index (χ0n) is 53.3. The Morgan fingerprint density at radius 1 is 0.481 bits per heavy atom. The molecule has 0 heterocycles. The number of rotatable bonds is 9. The summed E-state index contributed by atoms with van der Waals surface area (Å²) in [6, 6.07) is 0. The lowest BCUT2D eigenvalue weighted by Gasteiger charge is -2.44. The summed E-state index contributed by atoms with van der Waals surface area (Å²) < 4.78 is 0. The molecule has 0 aliphatic heterocycles. The Bertz CT molecular complexity index is 2370. The average molecular weight is 1110 g/mol. The number of fused-ring (bicyclic) bond motifs is 5. The molecule has 81 heavy (non-hydrogen) atoms. The van der Waals surface area contributed by atoms with Crippen molar-refractivity contribution in [3.05, 3.63) is 107 Å². The van der Waals surface area contributed by atoms with E-state index in [9.17, 15) is 24.6 Å². The van der Waals surface area contributed by atoms with Gasteiger partial charge in [-0.3, -0.25) is 9.59 Å². The minimum atomic E-state index is -0.820. The maximum Gasteiger partial charge on any atom is 0.331 e. The molecule has 0 radical (unpaired) electrons. The molecule has 5 fully saturated rings. The molecule has 0 spiro atoms. The van der Waals surface area contributed by atoms with Gasteiger partial charge < -0.3 is 15.3 Å². The Labute approximate surface area is 494 Å². The number of carbonyl (C=O) groups is 3. The van der Waals surface area contributed by atoms with Gasteiger partial charge in [0.1, 0.15) is 6.29 Å². The smallest absolute Gasteiger partial charge is 0.331 e. The number of aliphatic hydroxyl groups is 1. The Morgan fingerprint density at radius 2 is 0.790 bits per heavy atom. The van der Waals surface area contributed by atoms with Crippen molar-refractivity contribution in [2.75, 3.05) is 6.61 Å². The first-order valence-corrected chi connectivity index (χ1v) is 33.0. The zero-order valence-corrected chi connectivity index (χ0v) is 53.3. The second-order valence-electron chi connectivity index (χ2n) is 29.1. The van der Waals surface area contributed by atoms with Gasteiger partial charge in [0.2, 0.25) is 0 Å². The summed E-state index contributed by atoms with van der Waals surface area (Å²) in [5, 5.41) is 27.7. The molecule has 0 saturated heterocycles. The van der Waals surface area contributed by atoms with E-state index in [1.165, 1.54) is 131 Å². The minimum absolute atomic E-state index is 0.156. The molecule has 0 aromatic rings. The molecule has 6 heteroatoms. The van der Waals surface area contributed by atoms with E-state index >= 15 is 0 Å². The van der Waals surface area contributed by atoms with Crippen molar-refractivity contribution < 1.29 is 29.7 Å². The van der Waals surface area contributed by atoms with E-state index in [-0.39, 0.29) is 18.4 Å². The summed E-state index contributed by atoms with van der Waals surface area (Å²) in [5.74, 6) is 11.5. The van der Waals surface area contributed by atoms with Crippen molar-refractivity contribution in [2.24, 2.45) is 124 Å². The summed E-state index contributed by atoms with van der Waals surface area (Å²) >= 11 is 0. The van der Waals surface area contributed by atoms with Gasteiger partial charge in [-0.05, 0) is 293 Å². The number of aliphatic carboxylic acids is 2. The zero-order chi connectivity index (χ0) is 59.6. The maximum absolute atomic E-state index is 11.2. The molecule has 452 valence electrons. The Balaban J connectivity index is 0.000000163. The van der Waals surface area contributed by atoms with Gasteiger partial charge in [-0.15, -0.1) is 0 Å². The highest BCUT2D eigenvalue weighted by atomic mass is 16.4. The van der Waals surface area contributed by atoms with Gasteiger partial charge in [0.05, 0.1) is 12.5 Å². The number of carboxylic acid groups (broad SMARTS) is 2. The molecule has 1 unspecified atom stereocenters. The van der Waals surface area contributed by atoms with E-state index in [1.807, 2.05) is 6.92 Å². The van der Waals surface area contributed by atoms with Crippen LogP contribution in [0, 0.1) is 124 Å². The summed E-state index contributed by atoms with van der Waals surface area (Å²) in [5.41, 5.74) is 11.2. The van der Waals surface area contributed by atoms with Gasteiger partial charge in [-0.2, -0.15) is 0 Å². The van der Waals surface area contributed by atoms with E-state index < -0.39 is 11.9 Å². The first-order valence-electron chi connectivity index (χ1n) is 33.0. The highest BCUT2D eigenvalue weighted by Gasteiger charge is 2.44. The van der Waals surface area contributed by atoms with Crippen molar-refractivity contribution in [3.63, 3.8) is 0 Å². The SMILES string of the molecule is C=C(C(=O)O)[C@H]1CC[C@@H](C)[C@@H]2CCC(C)=C[C@@H]21.C=C(C)[C@H]1CC[C@@H](C)[C@@H]2CCC(C)=C[C@@H]21.C=C(C=O)[C@H]1CC[C@@H](C)[C@@H]2CCC(C)=C[C@@H]21.C=C(CO)[C@H]1CC[C@@H](C)[C@@H]2CCC(C)=C[C@@H]21.CC1=C[C@H]2[C@@H](CC1)[C@H](C)CC[C@@H]2C(C)C(=O)O. The van der Waals surface area contributed by atoms with E-state index in [1.54, 1.807) is 5.57 Å². The number of hydrogen-bond acceptors (Lipinski definition) is 4. The van der Waals surface area contributed by atoms with Gasteiger partial charge in [-0.1, -0.05) is 138 Å². The second kappa shape index (κ2) is 30.3. The van der Waals surface area contributed by atoms with Gasteiger partial charge >= 0.3 is 11.9 Å². The van der Waals surface area contributed by atoms with Crippen LogP contribution in [0.25, 0.3) is 0 Å². The lowest BCUT2D eigenvalue weighted by Crippen LogP contribution is -2.39. The Hall–Kier alpha value is -3.77. The third-order valence-electron chi connectivity index (χ3n) is 23.7. The Morgan fingerprint density at radius 3 is 1.15 bits per heavy atom. The maximum atomic E-state index is 11.2. The predicted molar refractivity (Wildman–Crippen MR) is 339 cm³/mol. The minimum Gasteiger partial charge on any atom is -0.481 e. The number of carbonyl (C=O) groups excluding carboxylic acids is 1. The van der Waals surface area contributed by atoms with Crippen LogP contribution in [0.4, 0.5) is 0 Å². The molecule has 5 saturated carbocycles. The fraction of sp³-hybridized carbons (Fsp3) is 0.720. The van der Waals surface area contributed by atoms with Gasteiger partial charge in [-0.25, -0.2) is 4.79 Å². The fourth-order valence-electron chi connectivity index (χ4n) is 18.3. The molecule has 10 aliphatic carbocycles. The van der Waals surface area contributed by atoms with Crippen molar-refractivity contribution >= 4 is 18.2 Å². The van der Waals surface area contributed by atoms with E-state index in [0.29, 0.717) is 52.9 Å². The van der Waals surface area contributed by atoms with Gasteiger partial charge in [0.25, 0.3) is 0 Å². The van der Waals surface area contributed by atoms with Crippen molar-refractivity contribution in [1.82, 2.24) is 0 Å². The van der Waals surface area contributed by atoms with Gasteiger partial charge in [0.15, 0.2) is 0 Å². The van der Waals surface area contributed by atoms with E-state index in [0.717, 1.165) is 108 Å². The van der Waals surface area contributed by atoms with Crippen molar-refractivity contribution in [3.8, 4) is 0 Å². The summed E-state index contributed by atoms with van der Waals surface area (Å²) in [6.07, 6.45) is 38.0. The van der Waals surface area contributed by atoms with Crippen LogP contribution >= 0.6 is 0 Å². The van der Waals surface area contributed by atoms with Crippen LogP contribution < -0.4 is 0 Å². The van der Waals surface area contributed by atoms with E-state index in [2.05, 4.69) is 133 Å². The molecule has 0 aromatic carbocycles. The normalized spacial score (nSPS) is 38.8. The first-order chi connectivity index (χ1) is 38.4. The Kier molecular flexibility index (Phi) is 24.9. The van der Waals surface area contributed by atoms with Crippen LogP contribution in [0.3, 0.4) is 0 Å². The van der Waals surface area contributed by atoms with Gasteiger partial charge in [0, 0.05) is 5.57 Å². The average Bonchev–Trinajstić information content (AvgIpc) is 3.52. The second-order valence-corrected chi connectivity index (χ2v) is 29.1. The standard InChI is InChI=1S/C15H24O2.C15H22O2.C15H24O.C15H22O.C15H24/c2*1-9-4-6-12-10(2)5-7-13(14(12)8-9)11(3)15(16)17;2*1-10-4-6-13-11(2)5-7-14(12(3)9-16)15(13)8-10;1-10(2)13-8-6-12(4)14-7-5-11(3)9-15(13)14/h8,10-14H,4-7H2,1-3H3,(H,16,17);8,10,12-14H,3-7H2,1-2H3,(H,16,17);8,11,13-16H,3-7,9H2,1-2H3;8-9,11,13-15H,3-7H2,1-2H3;9,12-15H,1,5-8H2,2-4H3/t10-,11?,12+,13-,14+;10-,12+,13-,14+;2*11-,13+,14-,15+;12-,13-,14+,15-/m11111/s1. The molecule has 6 nitrogen and oxygen atoms in total. The number of hydrogen-bond donors (Lipinski definition) is 3. The monoisotopic (exact) mass is 1110 g/mol. The molecule has 21 atom stereocenters. The topological polar surface area (TPSA) is 112 Å². The molecular weight excluding hydrogens is 997 g/mol. The molecule has 0 bridgehead atoms. The molecule has 0 amide bonds. The largest absolute Gasteiger partial charge is 0.481 e. The van der Waals surface area contributed by atoms with Crippen LogP contribution in [-0.4, -0.2) is 40.2 Å². The lowest BCUT2D eigenvalue weighted by molar-refractivity contribution is -0.144. The van der Waals surface area contributed by atoms with Crippen LogP contribution in [0.15, 0.2) is 107 Å². The summed E-state index contributed by atoms with van der Waals surface area (Å²) in [4.78, 5) is 33.3. The van der Waals surface area contributed by atoms with E-state index in [4.69, 9.17) is 5.11 Å². The molecular formula is C75H116O6. The third-order valence-corrected chi connectivity index (χ3v) is 23.7. The predicted octanol–water partition coefficient (Wildman–Crippen LogP) is 19.3. The van der Waals surface area contributed by atoms with Crippen LogP contribution in [0.2, 0.25) is 0 Å². The molecule has 10 aliphatic rings. The summed E-state index contributed by atoms with van der Waals surface area (Å²) in [6.45, 7) is 43.2. The van der Waals surface area contributed by atoms with Crippen LogP contribution in [0.1, 0.15) is 212 Å². The first kappa shape index (κ1) is 66.4.